The summed E-state index contributed by atoms with van der Waals surface area (Å²) in [4.78, 5) is 15.4. The summed E-state index contributed by atoms with van der Waals surface area (Å²) in [5.41, 5.74) is 1.11. The highest BCUT2D eigenvalue weighted by Crippen LogP contribution is 2.65. The molecule has 0 aromatic heterocycles. The Morgan fingerprint density at radius 2 is 2.09 bits per heavy atom. The van der Waals surface area contributed by atoms with Crippen LogP contribution in [-0.2, 0) is 23.1 Å². The first-order valence-electron chi connectivity index (χ1n) is 12.1. The molecule has 2 aromatic carbocycles. The van der Waals surface area contributed by atoms with Gasteiger partial charge in [0.15, 0.2) is 11.5 Å². The van der Waals surface area contributed by atoms with Crippen LogP contribution in [0.4, 0.5) is 0 Å². The molecule has 2 aliphatic carbocycles. The Morgan fingerprint density at radius 1 is 1.26 bits per heavy atom. The maximum Gasteiger partial charge on any atom is 0.224 e. The zero-order valence-corrected chi connectivity index (χ0v) is 20.8. The predicted octanol–water partition coefficient (Wildman–Crippen LogP) is 3.77. The highest BCUT2D eigenvalue weighted by Gasteiger charge is 2.72. The number of ether oxygens (including phenoxy) is 1. The summed E-state index contributed by atoms with van der Waals surface area (Å²) in [5.74, 6) is 0.408. The lowest BCUT2D eigenvalue weighted by Gasteiger charge is -2.64. The van der Waals surface area contributed by atoms with Crippen LogP contribution in [-0.4, -0.2) is 57.9 Å². The van der Waals surface area contributed by atoms with Crippen LogP contribution in [0.1, 0.15) is 36.0 Å². The molecule has 2 unspecified atom stereocenters. The minimum atomic E-state index is -1.02. The topological polar surface area (TPSA) is 82.0 Å². The van der Waals surface area contributed by atoms with E-state index >= 15 is 0 Å². The average molecular weight is 515 g/mol. The van der Waals surface area contributed by atoms with E-state index in [9.17, 15) is 15.0 Å². The second kappa shape index (κ2) is 8.13. The summed E-state index contributed by atoms with van der Waals surface area (Å²) in [7, 11) is 0. The van der Waals surface area contributed by atoms with Crippen molar-refractivity contribution in [3.63, 3.8) is 0 Å². The molecule has 6 nitrogen and oxygen atoms in total. The Kier molecular flexibility index (Phi) is 5.38. The van der Waals surface area contributed by atoms with Crippen molar-refractivity contribution < 1.29 is 19.7 Å². The molecular formula is C27H28Cl2N2O4. The molecule has 2 heterocycles. The number of nitrogens with one attached hydrogen (secondary N) is 1. The molecule has 1 saturated heterocycles. The number of benzene rings is 2. The van der Waals surface area contributed by atoms with Crippen LogP contribution in [0.3, 0.4) is 0 Å². The number of phenolic OH excluding ortho intramolecular Hbond substituents is 1. The molecule has 3 N–H and O–H groups in total. The van der Waals surface area contributed by atoms with Crippen LogP contribution in [0.2, 0.25) is 10.0 Å². The van der Waals surface area contributed by atoms with E-state index < -0.39 is 17.1 Å². The smallest absolute Gasteiger partial charge is 0.224 e. The van der Waals surface area contributed by atoms with Gasteiger partial charge in [0.2, 0.25) is 5.91 Å². The molecule has 5 atom stereocenters. The molecule has 2 aliphatic heterocycles. The van der Waals surface area contributed by atoms with Crippen LogP contribution in [0.5, 0.6) is 11.5 Å². The summed E-state index contributed by atoms with van der Waals surface area (Å²) in [6.45, 7) is 5.41. The first-order valence-corrected chi connectivity index (χ1v) is 12.9. The summed E-state index contributed by atoms with van der Waals surface area (Å²) in [6, 6.07) is 8.45. The van der Waals surface area contributed by atoms with E-state index in [2.05, 4.69) is 16.8 Å². The number of nitrogens with zero attached hydrogens (tertiary/aromatic N) is 1. The highest BCUT2D eigenvalue weighted by atomic mass is 35.5. The molecule has 35 heavy (non-hydrogen) atoms. The SMILES string of the molecule is C=CCN1CC[C@]23c4c5ccc(O)c4OC2C(NC(=O)Cc2ccc(Cl)c(Cl)c2)CC[C@@]3(O)[C@H]1C5. The normalized spacial score (nSPS) is 32.5. The van der Waals surface area contributed by atoms with Crippen molar-refractivity contribution in [2.24, 2.45) is 0 Å². The van der Waals surface area contributed by atoms with Gasteiger partial charge >= 0.3 is 0 Å². The number of aliphatic hydroxyl groups is 1. The number of hydrogen-bond acceptors (Lipinski definition) is 5. The van der Waals surface area contributed by atoms with E-state index in [4.69, 9.17) is 27.9 Å². The lowest BCUT2D eigenvalue weighted by Crippen LogP contribution is -2.78. The van der Waals surface area contributed by atoms with Gasteiger partial charge in [0, 0.05) is 18.2 Å². The molecule has 2 bridgehead atoms. The highest BCUT2D eigenvalue weighted by molar-refractivity contribution is 6.42. The van der Waals surface area contributed by atoms with E-state index in [0.29, 0.717) is 48.0 Å². The van der Waals surface area contributed by atoms with Gasteiger partial charge in [-0.05, 0) is 61.6 Å². The number of hydrogen-bond donors (Lipinski definition) is 3. The third-order valence-corrected chi connectivity index (χ3v) is 9.37. The maximum absolute atomic E-state index is 13.1. The Balaban J connectivity index is 1.35. The van der Waals surface area contributed by atoms with Gasteiger partial charge in [0.1, 0.15) is 6.10 Å². The Morgan fingerprint density at radius 3 is 2.86 bits per heavy atom. The van der Waals surface area contributed by atoms with E-state index in [0.717, 1.165) is 23.2 Å². The van der Waals surface area contributed by atoms with Crippen molar-refractivity contribution in [3.05, 3.63) is 69.7 Å². The number of piperidine rings is 1. The Labute approximate surface area is 214 Å². The zero-order chi connectivity index (χ0) is 24.5. The van der Waals surface area contributed by atoms with Gasteiger partial charge in [-0.15, -0.1) is 6.58 Å². The Hall–Kier alpha value is -2.25. The van der Waals surface area contributed by atoms with Crippen LogP contribution in [0.15, 0.2) is 43.0 Å². The molecule has 1 saturated carbocycles. The van der Waals surface area contributed by atoms with Gasteiger partial charge in [-0.2, -0.15) is 0 Å². The van der Waals surface area contributed by atoms with E-state index in [1.807, 2.05) is 12.1 Å². The number of rotatable bonds is 5. The zero-order valence-electron chi connectivity index (χ0n) is 19.3. The monoisotopic (exact) mass is 514 g/mol. The number of amides is 1. The molecule has 184 valence electrons. The van der Waals surface area contributed by atoms with Gasteiger partial charge in [-0.1, -0.05) is 41.4 Å². The van der Waals surface area contributed by atoms with Crippen molar-refractivity contribution >= 4 is 29.1 Å². The molecule has 6 rings (SSSR count). The second-order valence-corrected chi connectivity index (χ2v) is 11.1. The lowest BCUT2D eigenvalue weighted by molar-refractivity contribution is -0.190. The van der Waals surface area contributed by atoms with Gasteiger partial charge in [0.25, 0.3) is 0 Å². The van der Waals surface area contributed by atoms with Crippen LogP contribution < -0.4 is 10.1 Å². The Bertz CT molecular complexity index is 1240. The first kappa shape index (κ1) is 23.2. The number of aromatic hydroxyl groups is 1. The molecule has 2 aromatic rings. The second-order valence-electron chi connectivity index (χ2n) is 10.3. The van der Waals surface area contributed by atoms with Crippen molar-refractivity contribution in [2.75, 3.05) is 13.1 Å². The van der Waals surface area contributed by atoms with E-state index in [1.54, 1.807) is 24.3 Å². The summed E-state index contributed by atoms with van der Waals surface area (Å²) < 4.78 is 6.47. The van der Waals surface area contributed by atoms with Crippen LogP contribution in [0.25, 0.3) is 0 Å². The largest absolute Gasteiger partial charge is 0.504 e. The minimum Gasteiger partial charge on any atom is -0.504 e. The number of likely N-dealkylation sites (tertiary alicyclic amines) is 1. The predicted molar refractivity (Wildman–Crippen MR) is 134 cm³/mol. The van der Waals surface area contributed by atoms with E-state index in [1.165, 1.54) is 0 Å². The quantitative estimate of drug-likeness (QED) is 0.529. The molecule has 4 aliphatic rings. The van der Waals surface area contributed by atoms with E-state index in [-0.39, 0.29) is 30.2 Å². The van der Waals surface area contributed by atoms with Crippen LogP contribution >= 0.6 is 23.2 Å². The van der Waals surface area contributed by atoms with Crippen LogP contribution in [0, 0.1) is 0 Å². The lowest BCUT2D eigenvalue weighted by atomic mass is 9.48. The fraction of sp³-hybridized carbons (Fsp3) is 0.444. The average Bonchev–Trinajstić information content (AvgIpc) is 3.17. The first-order chi connectivity index (χ1) is 16.8. The van der Waals surface area contributed by atoms with Crippen molar-refractivity contribution in [1.82, 2.24) is 10.2 Å². The van der Waals surface area contributed by atoms with Gasteiger partial charge in [0.05, 0.1) is 33.5 Å². The van der Waals surface area contributed by atoms with Crippen molar-refractivity contribution in [2.45, 2.75) is 61.3 Å². The van der Waals surface area contributed by atoms with Crippen molar-refractivity contribution in [1.29, 1.82) is 0 Å². The maximum atomic E-state index is 13.1. The molecule has 0 radical (unpaired) electrons. The third-order valence-electron chi connectivity index (χ3n) is 8.63. The molecular weight excluding hydrogens is 487 g/mol. The summed E-state index contributed by atoms with van der Waals surface area (Å²) in [5, 5.41) is 27.1. The van der Waals surface area contributed by atoms with Gasteiger partial charge < -0.3 is 20.3 Å². The number of halogens is 2. The fourth-order valence-corrected chi connectivity index (χ4v) is 7.58. The molecule has 1 spiro atoms. The molecule has 2 fully saturated rings. The summed E-state index contributed by atoms with van der Waals surface area (Å²) in [6.07, 6.45) is 4.08. The molecule has 8 heteroatoms. The minimum absolute atomic E-state index is 0.0730. The van der Waals surface area contributed by atoms with Gasteiger partial charge in [-0.3, -0.25) is 9.69 Å². The van der Waals surface area contributed by atoms with Crippen molar-refractivity contribution in [3.8, 4) is 11.5 Å². The third kappa shape index (κ3) is 3.20. The fourth-order valence-electron chi connectivity index (χ4n) is 7.26. The molecule has 1 amide bonds. The summed E-state index contributed by atoms with van der Waals surface area (Å²) >= 11 is 12.1. The number of carbonyl (C=O) groups is 1. The standard InChI is InChI=1S/C27H28Cl2N2O4/c1-2-10-31-11-9-26-23-16-4-6-20(32)24(23)35-25(26)19(7-8-27(26,34)21(31)14-16)30-22(33)13-15-3-5-17(28)18(29)12-15/h2-6,12,19,21,25,32,34H,1,7-11,13-14H2,(H,30,33)/t19?,21-,25?,26+,27-/m1/s1. The number of phenols is 1. The number of carbonyl (C=O) groups excluding carboxylic acids is 1. The van der Waals surface area contributed by atoms with Gasteiger partial charge in [-0.25, -0.2) is 0 Å².